The minimum absolute atomic E-state index is 0.241. The van der Waals surface area contributed by atoms with Gasteiger partial charge in [-0.3, -0.25) is 0 Å². The zero-order valence-electron chi connectivity index (χ0n) is 26.0. The molecule has 47 heavy (non-hydrogen) atoms. The van der Waals surface area contributed by atoms with Gasteiger partial charge < -0.3 is 9.47 Å². The van der Waals surface area contributed by atoms with Crippen molar-refractivity contribution in [1.82, 2.24) is 4.57 Å². The molecule has 0 N–H and O–H groups in total. The summed E-state index contributed by atoms with van der Waals surface area (Å²) >= 11 is 0. The molecule has 1 aliphatic heterocycles. The number of nitrogens with zero attached hydrogens (tertiary/aromatic N) is 3. The Morgan fingerprint density at radius 2 is 1.34 bits per heavy atom. The molecule has 3 heteroatoms. The Hall–Kier alpha value is -6.11. The van der Waals surface area contributed by atoms with Crippen LogP contribution in [0.15, 0.2) is 163 Å². The van der Waals surface area contributed by atoms with E-state index >= 15 is 0 Å². The van der Waals surface area contributed by atoms with Crippen molar-refractivity contribution in [2.75, 3.05) is 4.90 Å². The van der Waals surface area contributed by atoms with Crippen LogP contribution >= 0.6 is 0 Å². The molecule has 0 bridgehead atoms. The molecule has 6 aromatic carbocycles. The van der Waals surface area contributed by atoms with Crippen molar-refractivity contribution in [3.8, 4) is 22.9 Å². The van der Waals surface area contributed by atoms with E-state index < -0.39 is 0 Å². The Kier molecular flexibility index (Phi) is 6.23. The predicted octanol–water partition coefficient (Wildman–Crippen LogP) is 11.2. The fraction of sp³-hybridized carbons (Fsp3) is 0.0682. The molecular formula is C44H31N3. The highest BCUT2D eigenvalue weighted by atomic mass is 15.2. The van der Waals surface area contributed by atoms with Gasteiger partial charge >= 0.3 is 0 Å². The maximum atomic E-state index is 9.89. The van der Waals surface area contributed by atoms with E-state index in [2.05, 4.69) is 156 Å². The third kappa shape index (κ3) is 4.12. The van der Waals surface area contributed by atoms with E-state index in [4.69, 9.17) is 0 Å². The van der Waals surface area contributed by atoms with Gasteiger partial charge in [-0.05, 0) is 65.1 Å². The lowest BCUT2D eigenvalue weighted by molar-refractivity contribution is 0.621. The fourth-order valence-electron chi connectivity index (χ4n) is 7.87. The van der Waals surface area contributed by atoms with E-state index in [0.717, 1.165) is 22.3 Å². The number of allylic oxidation sites excluding steroid dienone is 4. The SMILES string of the molecule is CC1C=CC(c2cccc3c4ccccc4n(-c4cccc(-c5ccccc5C#N)c4)c23)=C2C1c1ccccc1N2c1ccccc1. The summed E-state index contributed by atoms with van der Waals surface area (Å²) in [4.78, 5) is 2.49. The van der Waals surface area contributed by atoms with E-state index in [1.165, 1.54) is 50.1 Å². The molecule has 0 saturated heterocycles. The highest BCUT2D eigenvalue weighted by molar-refractivity contribution is 6.13. The first-order chi connectivity index (χ1) is 23.2. The number of anilines is 2. The predicted molar refractivity (Wildman–Crippen MR) is 194 cm³/mol. The van der Waals surface area contributed by atoms with Crippen molar-refractivity contribution in [3.05, 3.63) is 180 Å². The molecule has 2 aliphatic rings. The van der Waals surface area contributed by atoms with Crippen LogP contribution in [0.1, 0.15) is 29.5 Å². The average Bonchev–Trinajstić information content (AvgIpc) is 3.67. The van der Waals surface area contributed by atoms with Gasteiger partial charge in [0.25, 0.3) is 0 Å². The molecule has 1 aliphatic carbocycles. The molecule has 2 unspecified atom stereocenters. The normalized spacial score (nSPS) is 16.8. The second-order valence-electron chi connectivity index (χ2n) is 12.5. The average molecular weight is 602 g/mol. The first-order valence-corrected chi connectivity index (χ1v) is 16.2. The van der Waals surface area contributed by atoms with Gasteiger partial charge in [-0.2, -0.15) is 5.26 Å². The third-order valence-electron chi connectivity index (χ3n) is 9.88. The van der Waals surface area contributed by atoms with Crippen LogP contribution in [0.5, 0.6) is 0 Å². The smallest absolute Gasteiger partial charge is 0.0998 e. The Balaban J connectivity index is 1.36. The number of rotatable bonds is 4. The van der Waals surface area contributed by atoms with Crippen LogP contribution in [0.4, 0.5) is 11.4 Å². The summed E-state index contributed by atoms with van der Waals surface area (Å²) in [6.45, 7) is 2.34. The van der Waals surface area contributed by atoms with Gasteiger partial charge in [0.15, 0.2) is 0 Å². The summed E-state index contributed by atoms with van der Waals surface area (Å²) in [7, 11) is 0. The number of nitriles is 1. The van der Waals surface area contributed by atoms with Gasteiger partial charge in [0.1, 0.15) is 0 Å². The fourth-order valence-corrected chi connectivity index (χ4v) is 7.87. The Bertz CT molecular complexity index is 2450. The van der Waals surface area contributed by atoms with Crippen molar-refractivity contribution < 1.29 is 0 Å². The monoisotopic (exact) mass is 601 g/mol. The van der Waals surface area contributed by atoms with Crippen molar-refractivity contribution in [3.63, 3.8) is 0 Å². The third-order valence-corrected chi connectivity index (χ3v) is 9.88. The summed E-state index contributed by atoms with van der Waals surface area (Å²) < 4.78 is 2.42. The van der Waals surface area contributed by atoms with E-state index in [9.17, 15) is 5.26 Å². The topological polar surface area (TPSA) is 32.0 Å². The molecule has 2 heterocycles. The van der Waals surface area contributed by atoms with E-state index in [-0.39, 0.29) is 5.92 Å². The summed E-state index contributed by atoms with van der Waals surface area (Å²) in [5.41, 5.74) is 13.6. The molecule has 0 fully saturated rings. The maximum Gasteiger partial charge on any atom is 0.0998 e. The van der Waals surface area contributed by atoms with Crippen molar-refractivity contribution >= 4 is 38.8 Å². The van der Waals surface area contributed by atoms with Gasteiger partial charge in [-0.15, -0.1) is 0 Å². The lowest BCUT2D eigenvalue weighted by atomic mass is 9.79. The molecule has 0 saturated carbocycles. The van der Waals surface area contributed by atoms with Crippen LogP contribution in [0.25, 0.3) is 44.2 Å². The molecule has 1 aromatic heterocycles. The van der Waals surface area contributed by atoms with Crippen LogP contribution < -0.4 is 4.90 Å². The summed E-state index contributed by atoms with van der Waals surface area (Å²) in [5, 5.41) is 12.3. The minimum Gasteiger partial charge on any atom is -0.313 e. The van der Waals surface area contributed by atoms with Crippen LogP contribution in [0.3, 0.4) is 0 Å². The quantitative estimate of drug-likeness (QED) is 0.201. The standard InChI is InChI=1S/C44H31N3/c1-29-25-26-38(44-42(29)39-20-8-10-24-41(39)46(44)32-15-3-2-4-16-32)37-22-12-21-36-35-19-7-9-23-40(35)47(43(36)37)33-17-11-14-30(27-33)34-18-6-5-13-31(34)28-45/h2-27,29,42H,1H3. The van der Waals surface area contributed by atoms with Gasteiger partial charge in [-0.1, -0.05) is 122 Å². The highest BCUT2D eigenvalue weighted by Crippen LogP contribution is 2.55. The van der Waals surface area contributed by atoms with Gasteiger partial charge in [0.05, 0.1) is 22.7 Å². The number of fused-ring (bicyclic) bond motifs is 6. The number of benzene rings is 6. The molecule has 3 nitrogen and oxygen atoms in total. The Morgan fingerprint density at radius 3 is 2.23 bits per heavy atom. The molecule has 0 amide bonds. The maximum absolute atomic E-state index is 9.89. The molecule has 222 valence electrons. The zero-order chi connectivity index (χ0) is 31.5. The summed E-state index contributed by atoms with van der Waals surface area (Å²) in [6.07, 6.45) is 4.74. The van der Waals surface area contributed by atoms with Crippen molar-refractivity contribution in [2.24, 2.45) is 5.92 Å². The Labute approximate surface area is 274 Å². The van der Waals surface area contributed by atoms with Crippen LogP contribution in [-0.4, -0.2) is 4.57 Å². The number of aromatic nitrogens is 1. The number of hydrogen-bond acceptors (Lipinski definition) is 2. The minimum atomic E-state index is 0.241. The van der Waals surface area contributed by atoms with Gasteiger partial charge in [0.2, 0.25) is 0 Å². The molecular weight excluding hydrogens is 571 g/mol. The van der Waals surface area contributed by atoms with Crippen LogP contribution in [0, 0.1) is 17.2 Å². The second kappa shape index (κ2) is 10.8. The molecule has 9 rings (SSSR count). The van der Waals surface area contributed by atoms with Gasteiger partial charge in [-0.25, -0.2) is 0 Å². The second-order valence-corrected chi connectivity index (χ2v) is 12.5. The number of para-hydroxylation sites is 4. The van der Waals surface area contributed by atoms with Crippen LogP contribution in [0.2, 0.25) is 0 Å². The highest BCUT2D eigenvalue weighted by Gasteiger charge is 2.40. The molecule has 0 radical (unpaired) electrons. The lowest BCUT2D eigenvalue weighted by Gasteiger charge is -2.31. The lowest BCUT2D eigenvalue weighted by Crippen LogP contribution is -2.20. The number of hydrogen-bond donors (Lipinski definition) is 0. The van der Waals surface area contributed by atoms with E-state index in [0.29, 0.717) is 11.5 Å². The van der Waals surface area contributed by atoms with Crippen molar-refractivity contribution in [2.45, 2.75) is 12.8 Å². The van der Waals surface area contributed by atoms with Crippen LogP contribution in [-0.2, 0) is 0 Å². The Morgan fingerprint density at radius 1 is 0.638 bits per heavy atom. The van der Waals surface area contributed by atoms with Gasteiger partial charge in [0, 0.05) is 50.6 Å². The molecule has 2 atom stereocenters. The first-order valence-electron chi connectivity index (χ1n) is 16.2. The summed E-state index contributed by atoms with van der Waals surface area (Å²) in [6, 6.07) is 54.0. The largest absolute Gasteiger partial charge is 0.313 e. The van der Waals surface area contributed by atoms with E-state index in [1.54, 1.807) is 0 Å². The van der Waals surface area contributed by atoms with Crippen molar-refractivity contribution in [1.29, 1.82) is 5.26 Å². The van der Waals surface area contributed by atoms with E-state index in [1.807, 2.05) is 24.3 Å². The first kappa shape index (κ1) is 27.2. The molecule has 0 spiro atoms. The molecule has 7 aromatic rings. The zero-order valence-corrected chi connectivity index (χ0v) is 26.0. The summed E-state index contributed by atoms with van der Waals surface area (Å²) in [5.74, 6) is 0.593.